The standard InChI is InChI=1S/C15H16O3/c1-17-13-10-6-9-12(15(13)18-2)14(16)11-7-4-3-5-8-11/h3-10,14,16H,1-2H3. The predicted octanol–water partition coefficient (Wildman–Crippen LogP) is 2.79. The molecule has 0 heterocycles. The Morgan fingerprint density at radius 1 is 0.889 bits per heavy atom. The third kappa shape index (κ3) is 2.31. The molecule has 3 nitrogen and oxygen atoms in total. The second kappa shape index (κ2) is 5.56. The van der Waals surface area contributed by atoms with Gasteiger partial charge in [0.25, 0.3) is 0 Å². The lowest BCUT2D eigenvalue weighted by Crippen LogP contribution is -2.03. The lowest BCUT2D eigenvalue weighted by atomic mass is 10.0. The molecular formula is C15H16O3. The Hall–Kier alpha value is -2.00. The fraction of sp³-hybridized carbons (Fsp3) is 0.200. The molecule has 0 aliphatic heterocycles. The van der Waals surface area contributed by atoms with Crippen LogP contribution >= 0.6 is 0 Å². The molecular weight excluding hydrogens is 228 g/mol. The van der Waals surface area contributed by atoms with Crippen molar-refractivity contribution >= 4 is 0 Å². The Kier molecular flexibility index (Phi) is 3.85. The van der Waals surface area contributed by atoms with Crippen LogP contribution in [0.4, 0.5) is 0 Å². The van der Waals surface area contributed by atoms with Crippen molar-refractivity contribution in [3.63, 3.8) is 0 Å². The van der Waals surface area contributed by atoms with Crippen LogP contribution < -0.4 is 9.47 Å². The first-order chi connectivity index (χ1) is 8.77. The van der Waals surface area contributed by atoms with E-state index >= 15 is 0 Å². The quantitative estimate of drug-likeness (QED) is 0.898. The minimum Gasteiger partial charge on any atom is -0.493 e. The Bertz CT molecular complexity index is 508. The van der Waals surface area contributed by atoms with Gasteiger partial charge in [0.2, 0.25) is 0 Å². The fourth-order valence-corrected chi connectivity index (χ4v) is 1.94. The minimum absolute atomic E-state index is 0.566. The second-order valence-corrected chi connectivity index (χ2v) is 3.90. The van der Waals surface area contributed by atoms with E-state index in [0.717, 1.165) is 5.56 Å². The van der Waals surface area contributed by atoms with Gasteiger partial charge in [0, 0.05) is 5.56 Å². The molecule has 0 aromatic heterocycles. The van der Waals surface area contributed by atoms with Gasteiger partial charge in [0.1, 0.15) is 6.10 Å². The third-order valence-electron chi connectivity index (χ3n) is 2.84. The van der Waals surface area contributed by atoms with E-state index in [1.165, 1.54) is 0 Å². The number of methoxy groups -OCH3 is 2. The van der Waals surface area contributed by atoms with Crippen LogP contribution in [-0.2, 0) is 0 Å². The van der Waals surface area contributed by atoms with Crippen molar-refractivity contribution in [2.45, 2.75) is 6.10 Å². The predicted molar refractivity (Wildman–Crippen MR) is 70.0 cm³/mol. The van der Waals surface area contributed by atoms with Crippen molar-refractivity contribution in [3.8, 4) is 11.5 Å². The summed E-state index contributed by atoms with van der Waals surface area (Å²) in [4.78, 5) is 0. The molecule has 2 aromatic carbocycles. The van der Waals surface area contributed by atoms with Gasteiger partial charge < -0.3 is 14.6 Å². The Labute approximate surface area is 107 Å². The monoisotopic (exact) mass is 244 g/mol. The van der Waals surface area contributed by atoms with Crippen LogP contribution in [0.25, 0.3) is 0 Å². The zero-order valence-corrected chi connectivity index (χ0v) is 10.5. The number of rotatable bonds is 4. The maximum Gasteiger partial charge on any atom is 0.166 e. The molecule has 0 saturated carbocycles. The van der Waals surface area contributed by atoms with Crippen molar-refractivity contribution in [1.29, 1.82) is 0 Å². The fourth-order valence-electron chi connectivity index (χ4n) is 1.94. The molecule has 0 bridgehead atoms. The summed E-state index contributed by atoms with van der Waals surface area (Å²) in [5, 5.41) is 10.4. The van der Waals surface area contributed by atoms with Crippen molar-refractivity contribution < 1.29 is 14.6 Å². The number of hydrogen-bond donors (Lipinski definition) is 1. The lowest BCUT2D eigenvalue weighted by Gasteiger charge is -2.17. The van der Waals surface area contributed by atoms with E-state index in [1.807, 2.05) is 42.5 Å². The summed E-state index contributed by atoms with van der Waals surface area (Å²) in [6.45, 7) is 0. The number of hydrogen-bond acceptors (Lipinski definition) is 3. The molecule has 2 aromatic rings. The molecule has 2 rings (SSSR count). The summed E-state index contributed by atoms with van der Waals surface area (Å²) in [5.74, 6) is 1.18. The van der Waals surface area contributed by atoms with E-state index in [2.05, 4.69) is 0 Å². The zero-order valence-electron chi connectivity index (χ0n) is 10.5. The maximum absolute atomic E-state index is 10.4. The van der Waals surface area contributed by atoms with Gasteiger partial charge in [0.05, 0.1) is 14.2 Å². The Balaban J connectivity index is 2.45. The highest BCUT2D eigenvalue weighted by Crippen LogP contribution is 2.36. The maximum atomic E-state index is 10.4. The average molecular weight is 244 g/mol. The second-order valence-electron chi connectivity index (χ2n) is 3.90. The SMILES string of the molecule is COc1cccc(C(O)c2ccccc2)c1OC. The summed E-state index contributed by atoms with van der Waals surface area (Å²) >= 11 is 0. The van der Waals surface area contributed by atoms with E-state index in [0.29, 0.717) is 17.1 Å². The highest BCUT2D eigenvalue weighted by molar-refractivity contribution is 5.49. The number of benzene rings is 2. The van der Waals surface area contributed by atoms with Crippen molar-refractivity contribution in [3.05, 3.63) is 59.7 Å². The Morgan fingerprint density at radius 2 is 1.61 bits per heavy atom. The molecule has 94 valence electrons. The van der Waals surface area contributed by atoms with E-state index in [-0.39, 0.29) is 0 Å². The van der Waals surface area contributed by atoms with Crippen LogP contribution in [0.1, 0.15) is 17.2 Å². The van der Waals surface area contributed by atoms with Gasteiger partial charge in [-0.1, -0.05) is 42.5 Å². The van der Waals surface area contributed by atoms with E-state index in [1.54, 1.807) is 20.3 Å². The first kappa shape index (κ1) is 12.5. The van der Waals surface area contributed by atoms with E-state index in [9.17, 15) is 5.11 Å². The number of ether oxygens (including phenoxy) is 2. The first-order valence-corrected chi connectivity index (χ1v) is 5.71. The first-order valence-electron chi connectivity index (χ1n) is 5.71. The van der Waals surface area contributed by atoms with E-state index < -0.39 is 6.10 Å². The minimum atomic E-state index is -0.726. The Morgan fingerprint density at radius 3 is 2.22 bits per heavy atom. The summed E-state index contributed by atoms with van der Waals surface area (Å²) in [6.07, 6.45) is -0.726. The molecule has 0 aliphatic carbocycles. The van der Waals surface area contributed by atoms with Crippen LogP contribution in [0.3, 0.4) is 0 Å². The summed E-state index contributed by atoms with van der Waals surface area (Å²) in [7, 11) is 3.15. The van der Waals surface area contributed by atoms with Gasteiger partial charge in [0.15, 0.2) is 11.5 Å². The summed E-state index contributed by atoms with van der Waals surface area (Å²) < 4.78 is 10.6. The smallest absolute Gasteiger partial charge is 0.166 e. The largest absolute Gasteiger partial charge is 0.493 e. The molecule has 1 atom stereocenters. The highest BCUT2D eigenvalue weighted by Gasteiger charge is 2.18. The van der Waals surface area contributed by atoms with Gasteiger partial charge in [-0.2, -0.15) is 0 Å². The molecule has 0 saturated heterocycles. The molecule has 0 radical (unpaired) electrons. The molecule has 0 spiro atoms. The molecule has 3 heteroatoms. The van der Waals surface area contributed by atoms with Gasteiger partial charge >= 0.3 is 0 Å². The molecule has 1 N–H and O–H groups in total. The van der Waals surface area contributed by atoms with Crippen LogP contribution in [0.15, 0.2) is 48.5 Å². The molecule has 0 fully saturated rings. The highest BCUT2D eigenvalue weighted by atomic mass is 16.5. The normalized spacial score (nSPS) is 11.9. The number of aliphatic hydroxyl groups excluding tert-OH is 1. The van der Waals surface area contributed by atoms with Crippen LogP contribution in [0.5, 0.6) is 11.5 Å². The molecule has 1 unspecified atom stereocenters. The summed E-state index contributed by atoms with van der Waals surface area (Å²) in [5.41, 5.74) is 1.52. The molecule has 0 amide bonds. The van der Waals surface area contributed by atoms with Crippen molar-refractivity contribution in [2.75, 3.05) is 14.2 Å². The topological polar surface area (TPSA) is 38.7 Å². The van der Waals surface area contributed by atoms with Crippen molar-refractivity contribution in [2.24, 2.45) is 0 Å². The van der Waals surface area contributed by atoms with Gasteiger partial charge in [-0.15, -0.1) is 0 Å². The van der Waals surface area contributed by atoms with E-state index in [4.69, 9.17) is 9.47 Å². The average Bonchev–Trinajstić information content (AvgIpc) is 2.46. The van der Waals surface area contributed by atoms with Crippen LogP contribution in [0, 0.1) is 0 Å². The zero-order chi connectivity index (χ0) is 13.0. The van der Waals surface area contributed by atoms with Crippen LogP contribution in [-0.4, -0.2) is 19.3 Å². The van der Waals surface area contributed by atoms with Crippen molar-refractivity contribution in [1.82, 2.24) is 0 Å². The summed E-state index contributed by atoms with van der Waals surface area (Å²) in [6, 6.07) is 14.9. The molecule has 0 aliphatic rings. The van der Waals surface area contributed by atoms with Gasteiger partial charge in [-0.25, -0.2) is 0 Å². The van der Waals surface area contributed by atoms with Gasteiger partial charge in [-0.05, 0) is 11.6 Å². The molecule has 18 heavy (non-hydrogen) atoms. The number of aliphatic hydroxyl groups is 1. The van der Waals surface area contributed by atoms with Crippen LogP contribution in [0.2, 0.25) is 0 Å². The number of para-hydroxylation sites is 1. The van der Waals surface area contributed by atoms with Gasteiger partial charge in [-0.3, -0.25) is 0 Å². The third-order valence-corrected chi connectivity index (χ3v) is 2.84. The lowest BCUT2D eigenvalue weighted by molar-refractivity contribution is 0.213.